The maximum absolute atomic E-state index is 11.6. The van der Waals surface area contributed by atoms with Crippen LogP contribution in [0.1, 0.15) is 13.8 Å². The lowest BCUT2D eigenvalue weighted by atomic mass is 10.2. The topological polar surface area (TPSA) is 54.0 Å². The molecule has 0 aliphatic rings. The molecule has 4 nitrogen and oxygen atoms in total. The lowest BCUT2D eigenvalue weighted by Gasteiger charge is -2.09. The Bertz CT molecular complexity index is 622. The summed E-state index contributed by atoms with van der Waals surface area (Å²) < 4.78 is 0. The molecule has 1 aromatic carbocycles. The number of amides is 1. The first-order valence-electron chi connectivity index (χ1n) is 6.44. The number of anilines is 3. The highest BCUT2D eigenvalue weighted by atomic mass is 35.5. The Kier molecular flexibility index (Phi) is 5.04. The van der Waals surface area contributed by atoms with Gasteiger partial charge in [0.1, 0.15) is 5.82 Å². The van der Waals surface area contributed by atoms with Crippen LogP contribution in [0.15, 0.2) is 36.5 Å². The van der Waals surface area contributed by atoms with Crippen molar-refractivity contribution < 1.29 is 4.79 Å². The minimum Gasteiger partial charge on any atom is -0.354 e. The van der Waals surface area contributed by atoms with Gasteiger partial charge in [0.05, 0.1) is 11.9 Å². The molecule has 0 saturated carbocycles. The summed E-state index contributed by atoms with van der Waals surface area (Å²) in [6.07, 6.45) is 1.63. The van der Waals surface area contributed by atoms with E-state index < -0.39 is 0 Å². The van der Waals surface area contributed by atoms with Crippen LogP contribution in [0.5, 0.6) is 0 Å². The van der Waals surface area contributed by atoms with Crippen molar-refractivity contribution in [3.63, 3.8) is 0 Å². The van der Waals surface area contributed by atoms with Gasteiger partial charge in [-0.25, -0.2) is 4.98 Å². The van der Waals surface area contributed by atoms with Crippen LogP contribution in [0.25, 0.3) is 0 Å². The van der Waals surface area contributed by atoms with Gasteiger partial charge in [0.15, 0.2) is 0 Å². The predicted molar refractivity (Wildman–Crippen MR) is 87.4 cm³/mol. The molecule has 110 valence electrons. The lowest BCUT2D eigenvalue weighted by Crippen LogP contribution is -2.18. The molecule has 0 bridgehead atoms. The third-order valence-electron chi connectivity index (χ3n) is 2.69. The third-order valence-corrected chi connectivity index (χ3v) is 3.13. The van der Waals surface area contributed by atoms with Crippen LogP contribution in [0, 0.1) is 5.92 Å². The molecule has 2 N–H and O–H groups in total. The molecule has 2 rings (SSSR count). The van der Waals surface area contributed by atoms with Gasteiger partial charge in [0, 0.05) is 21.7 Å². The van der Waals surface area contributed by atoms with Gasteiger partial charge in [-0.3, -0.25) is 4.79 Å². The van der Waals surface area contributed by atoms with E-state index in [4.69, 9.17) is 23.2 Å². The highest BCUT2D eigenvalue weighted by Gasteiger charge is 2.07. The largest absolute Gasteiger partial charge is 0.354 e. The summed E-state index contributed by atoms with van der Waals surface area (Å²) in [6, 6.07) is 8.74. The van der Waals surface area contributed by atoms with Crippen molar-refractivity contribution in [3.05, 3.63) is 46.6 Å². The van der Waals surface area contributed by atoms with Gasteiger partial charge in [0.2, 0.25) is 5.91 Å². The van der Waals surface area contributed by atoms with Crippen LogP contribution in [-0.4, -0.2) is 10.9 Å². The first-order chi connectivity index (χ1) is 9.94. The SMILES string of the molecule is CC(C)C(=O)Nc1ccc(Nc2cc(Cl)cc(Cl)c2)cn1. The Morgan fingerprint density at radius 1 is 1.10 bits per heavy atom. The minimum atomic E-state index is -0.0850. The quantitative estimate of drug-likeness (QED) is 0.855. The molecule has 6 heteroatoms. The van der Waals surface area contributed by atoms with Gasteiger partial charge in [-0.1, -0.05) is 37.0 Å². The van der Waals surface area contributed by atoms with Gasteiger partial charge in [-0.15, -0.1) is 0 Å². The number of nitrogens with one attached hydrogen (secondary N) is 2. The Balaban J connectivity index is 2.07. The Labute approximate surface area is 133 Å². The maximum Gasteiger partial charge on any atom is 0.228 e. The fraction of sp³-hybridized carbons (Fsp3) is 0.200. The summed E-state index contributed by atoms with van der Waals surface area (Å²) in [5.41, 5.74) is 1.55. The van der Waals surface area contributed by atoms with Gasteiger partial charge >= 0.3 is 0 Å². The lowest BCUT2D eigenvalue weighted by molar-refractivity contribution is -0.118. The molecule has 1 amide bonds. The Morgan fingerprint density at radius 3 is 2.29 bits per heavy atom. The monoisotopic (exact) mass is 323 g/mol. The smallest absolute Gasteiger partial charge is 0.228 e. The van der Waals surface area contributed by atoms with E-state index in [0.29, 0.717) is 15.9 Å². The summed E-state index contributed by atoms with van der Waals surface area (Å²) in [6.45, 7) is 3.66. The molecule has 1 aromatic heterocycles. The van der Waals surface area contributed by atoms with E-state index in [1.54, 1.807) is 30.5 Å². The summed E-state index contributed by atoms with van der Waals surface area (Å²) >= 11 is 11.9. The number of pyridine rings is 1. The number of halogens is 2. The summed E-state index contributed by atoms with van der Waals surface area (Å²) in [5, 5.41) is 6.98. The van der Waals surface area contributed by atoms with Crippen LogP contribution in [0.2, 0.25) is 10.0 Å². The van der Waals surface area contributed by atoms with Crippen molar-refractivity contribution in [2.24, 2.45) is 5.92 Å². The van der Waals surface area contributed by atoms with Gasteiger partial charge in [-0.05, 0) is 30.3 Å². The standard InChI is InChI=1S/C15H15Cl2N3O/c1-9(2)15(21)20-14-4-3-12(8-18-14)19-13-6-10(16)5-11(17)7-13/h3-9,19H,1-2H3,(H,18,20,21). The molecule has 0 fully saturated rings. The number of nitrogens with zero attached hydrogens (tertiary/aromatic N) is 1. The first-order valence-corrected chi connectivity index (χ1v) is 7.19. The fourth-order valence-corrected chi connectivity index (χ4v) is 2.13. The Morgan fingerprint density at radius 2 is 1.76 bits per heavy atom. The van der Waals surface area contributed by atoms with Crippen molar-refractivity contribution in [2.75, 3.05) is 10.6 Å². The van der Waals surface area contributed by atoms with Crippen molar-refractivity contribution >= 4 is 46.3 Å². The van der Waals surface area contributed by atoms with Crippen LogP contribution in [0.4, 0.5) is 17.2 Å². The number of benzene rings is 1. The van der Waals surface area contributed by atoms with Crippen LogP contribution in [-0.2, 0) is 4.79 Å². The van der Waals surface area contributed by atoms with E-state index in [9.17, 15) is 4.79 Å². The van der Waals surface area contributed by atoms with E-state index in [1.807, 2.05) is 19.9 Å². The number of carbonyl (C=O) groups excluding carboxylic acids is 1. The average Bonchev–Trinajstić information content (AvgIpc) is 2.39. The molecule has 0 unspecified atom stereocenters. The molecular weight excluding hydrogens is 309 g/mol. The van der Waals surface area contributed by atoms with Gasteiger partial charge < -0.3 is 10.6 Å². The maximum atomic E-state index is 11.6. The van der Waals surface area contributed by atoms with Crippen LogP contribution >= 0.6 is 23.2 Å². The molecule has 0 radical (unpaired) electrons. The number of aromatic nitrogens is 1. The molecule has 0 aliphatic carbocycles. The number of hydrogen-bond acceptors (Lipinski definition) is 3. The summed E-state index contributed by atoms with van der Waals surface area (Å²) in [5.74, 6) is 0.367. The number of carbonyl (C=O) groups is 1. The molecule has 0 saturated heterocycles. The van der Waals surface area contributed by atoms with Crippen molar-refractivity contribution in [2.45, 2.75) is 13.8 Å². The van der Waals surface area contributed by atoms with E-state index in [0.717, 1.165) is 11.4 Å². The van der Waals surface area contributed by atoms with E-state index >= 15 is 0 Å². The predicted octanol–water partition coefficient (Wildman–Crippen LogP) is 4.73. The average molecular weight is 324 g/mol. The van der Waals surface area contributed by atoms with Gasteiger partial charge in [0.25, 0.3) is 0 Å². The van der Waals surface area contributed by atoms with Gasteiger partial charge in [-0.2, -0.15) is 0 Å². The van der Waals surface area contributed by atoms with Crippen molar-refractivity contribution in [1.82, 2.24) is 4.98 Å². The second-order valence-corrected chi connectivity index (χ2v) is 5.73. The second-order valence-electron chi connectivity index (χ2n) is 4.86. The molecule has 0 spiro atoms. The highest BCUT2D eigenvalue weighted by molar-refractivity contribution is 6.35. The molecule has 0 atom stereocenters. The van der Waals surface area contributed by atoms with E-state index in [1.165, 1.54) is 0 Å². The molecule has 2 aromatic rings. The number of rotatable bonds is 4. The highest BCUT2D eigenvalue weighted by Crippen LogP contribution is 2.25. The molecule has 21 heavy (non-hydrogen) atoms. The van der Waals surface area contributed by atoms with Crippen molar-refractivity contribution in [3.8, 4) is 0 Å². The van der Waals surface area contributed by atoms with Crippen LogP contribution in [0.3, 0.4) is 0 Å². The fourth-order valence-electron chi connectivity index (χ4n) is 1.60. The zero-order valence-corrected chi connectivity index (χ0v) is 13.2. The normalized spacial score (nSPS) is 10.5. The minimum absolute atomic E-state index is 0.0650. The molecular formula is C15H15Cl2N3O. The molecule has 1 heterocycles. The van der Waals surface area contributed by atoms with Crippen LogP contribution < -0.4 is 10.6 Å². The third kappa shape index (κ3) is 4.62. The van der Waals surface area contributed by atoms with E-state index in [-0.39, 0.29) is 11.8 Å². The van der Waals surface area contributed by atoms with E-state index in [2.05, 4.69) is 15.6 Å². The number of hydrogen-bond donors (Lipinski definition) is 2. The first kappa shape index (κ1) is 15.6. The summed E-state index contributed by atoms with van der Waals surface area (Å²) in [7, 11) is 0. The Hall–Kier alpha value is -1.78. The zero-order chi connectivity index (χ0) is 15.4. The summed E-state index contributed by atoms with van der Waals surface area (Å²) in [4.78, 5) is 15.7. The zero-order valence-electron chi connectivity index (χ0n) is 11.7. The molecule has 0 aliphatic heterocycles. The second kappa shape index (κ2) is 6.78. The van der Waals surface area contributed by atoms with Crippen molar-refractivity contribution in [1.29, 1.82) is 0 Å².